The Morgan fingerprint density at radius 3 is 2.37 bits per heavy atom. The molecule has 2 N–H and O–H groups in total. The van der Waals surface area contributed by atoms with E-state index in [0.717, 1.165) is 6.20 Å². The van der Waals surface area contributed by atoms with E-state index in [1.54, 1.807) is 32.2 Å². The second-order valence-electron chi connectivity index (χ2n) is 7.90. The van der Waals surface area contributed by atoms with Crippen LogP contribution in [-0.4, -0.2) is 47.8 Å². The normalized spacial score (nSPS) is 11.6. The summed E-state index contributed by atoms with van der Waals surface area (Å²) >= 11 is 0. The van der Waals surface area contributed by atoms with Gasteiger partial charge in [0.05, 0.1) is 34.9 Å². The zero-order valence-corrected chi connectivity index (χ0v) is 18.5. The van der Waals surface area contributed by atoms with Gasteiger partial charge in [-0.25, -0.2) is 14.2 Å². The molecule has 180 valence electrons. The van der Waals surface area contributed by atoms with Gasteiger partial charge in [-0.3, -0.25) is 4.79 Å². The van der Waals surface area contributed by atoms with Crippen molar-refractivity contribution in [3.8, 4) is 22.6 Å². The highest BCUT2D eigenvalue weighted by Crippen LogP contribution is 2.34. The first-order valence-electron chi connectivity index (χ1n) is 10.4. The number of rotatable bonds is 6. The van der Waals surface area contributed by atoms with Crippen molar-refractivity contribution in [3.63, 3.8) is 0 Å². The average molecular weight is 484 g/mol. The Labute approximate surface area is 196 Å². The van der Waals surface area contributed by atoms with E-state index in [1.807, 2.05) is 0 Å². The summed E-state index contributed by atoms with van der Waals surface area (Å²) in [5, 5.41) is 23.5. The number of nitrogens with one attached hydrogen (secondary N) is 1. The van der Waals surface area contributed by atoms with Crippen LogP contribution in [0.15, 0.2) is 60.9 Å². The first kappa shape index (κ1) is 23.7. The van der Waals surface area contributed by atoms with Crippen LogP contribution < -0.4 is 5.32 Å². The number of carbonyl (C=O) groups excluding carboxylic acids is 1. The van der Waals surface area contributed by atoms with Crippen LogP contribution in [0, 0.1) is 0 Å². The van der Waals surface area contributed by atoms with Crippen molar-refractivity contribution in [3.05, 3.63) is 77.7 Å². The number of benzene rings is 2. The molecular weight excluding hydrogens is 465 g/mol. The third-order valence-corrected chi connectivity index (χ3v) is 4.96. The molecule has 0 spiro atoms. The molecule has 0 aliphatic rings. The van der Waals surface area contributed by atoms with Gasteiger partial charge in [-0.1, -0.05) is 17.3 Å². The topological polar surface area (TPSA) is 115 Å². The van der Waals surface area contributed by atoms with Gasteiger partial charge in [0, 0.05) is 11.6 Å². The van der Waals surface area contributed by atoms with E-state index in [4.69, 9.17) is 5.11 Å². The molecule has 0 saturated carbocycles. The van der Waals surface area contributed by atoms with E-state index in [2.05, 4.69) is 20.7 Å². The lowest BCUT2D eigenvalue weighted by Crippen LogP contribution is -2.31. The lowest BCUT2D eigenvalue weighted by atomic mass is 10.1. The van der Waals surface area contributed by atoms with Gasteiger partial charge in [-0.15, -0.1) is 5.10 Å². The molecule has 9 nitrogen and oxygen atoms in total. The van der Waals surface area contributed by atoms with Gasteiger partial charge in [0.2, 0.25) is 0 Å². The predicted octanol–water partition coefficient (Wildman–Crippen LogP) is 3.98. The van der Waals surface area contributed by atoms with Crippen LogP contribution in [0.2, 0.25) is 0 Å². The SMILES string of the molecule is CC(C)NC(=O)c1cnn(-c2ccc(-n3cc(-c4cccc(C(=O)O)c4)nn3)cc2)c1C(F)(F)F. The lowest BCUT2D eigenvalue weighted by molar-refractivity contribution is -0.143. The first-order chi connectivity index (χ1) is 16.5. The van der Waals surface area contributed by atoms with Gasteiger partial charge in [0.25, 0.3) is 5.91 Å². The van der Waals surface area contributed by atoms with Crippen molar-refractivity contribution in [1.29, 1.82) is 0 Å². The van der Waals surface area contributed by atoms with E-state index in [9.17, 15) is 22.8 Å². The maximum Gasteiger partial charge on any atom is 0.434 e. The van der Waals surface area contributed by atoms with Crippen LogP contribution in [0.3, 0.4) is 0 Å². The number of halogens is 3. The second-order valence-corrected chi connectivity index (χ2v) is 7.90. The summed E-state index contributed by atoms with van der Waals surface area (Å²) in [6, 6.07) is 11.7. The largest absolute Gasteiger partial charge is 0.478 e. The van der Waals surface area contributed by atoms with Gasteiger partial charge in [0.1, 0.15) is 5.69 Å². The molecule has 0 aliphatic heterocycles. The number of carbonyl (C=O) groups is 2. The molecule has 2 aromatic heterocycles. The third kappa shape index (κ3) is 4.90. The number of hydrogen-bond donors (Lipinski definition) is 2. The third-order valence-electron chi connectivity index (χ3n) is 4.96. The molecule has 0 atom stereocenters. The molecule has 12 heteroatoms. The Kier molecular flexibility index (Phi) is 6.12. The highest BCUT2D eigenvalue weighted by Gasteiger charge is 2.40. The van der Waals surface area contributed by atoms with E-state index in [0.29, 0.717) is 21.6 Å². The highest BCUT2D eigenvalue weighted by molar-refractivity contribution is 5.95. The molecule has 2 heterocycles. The van der Waals surface area contributed by atoms with E-state index < -0.39 is 29.3 Å². The summed E-state index contributed by atoms with van der Waals surface area (Å²) in [5.41, 5.74) is -0.0811. The Hall–Kier alpha value is -4.48. The number of hydrogen-bond acceptors (Lipinski definition) is 5. The van der Waals surface area contributed by atoms with Crippen LogP contribution in [0.5, 0.6) is 0 Å². The maximum atomic E-state index is 13.8. The van der Waals surface area contributed by atoms with Gasteiger partial charge in [-0.2, -0.15) is 18.3 Å². The molecule has 1 amide bonds. The highest BCUT2D eigenvalue weighted by atomic mass is 19.4. The van der Waals surface area contributed by atoms with Crippen molar-refractivity contribution < 1.29 is 27.9 Å². The van der Waals surface area contributed by atoms with Gasteiger partial charge in [0.15, 0.2) is 5.69 Å². The number of carboxylic acid groups (broad SMARTS) is 1. The monoisotopic (exact) mass is 484 g/mol. The van der Waals surface area contributed by atoms with Crippen LogP contribution in [-0.2, 0) is 6.18 Å². The Morgan fingerprint density at radius 1 is 1.06 bits per heavy atom. The molecule has 2 aromatic carbocycles. The van der Waals surface area contributed by atoms with Gasteiger partial charge >= 0.3 is 12.1 Å². The fourth-order valence-electron chi connectivity index (χ4n) is 3.40. The number of nitrogens with zero attached hydrogens (tertiary/aromatic N) is 5. The van der Waals surface area contributed by atoms with E-state index >= 15 is 0 Å². The molecule has 0 radical (unpaired) electrons. The summed E-state index contributed by atoms with van der Waals surface area (Å²) in [5.74, 6) is -1.94. The van der Waals surface area contributed by atoms with Gasteiger partial charge in [-0.05, 0) is 50.2 Å². The lowest BCUT2D eigenvalue weighted by Gasteiger charge is -2.14. The van der Waals surface area contributed by atoms with Crippen molar-refractivity contribution in [2.24, 2.45) is 0 Å². The Morgan fingerprint density at radius 2 is 1.74 bits per heavy atom. The second kappa shape index (κ2) is 9.05. The maximum absolute atomic E-state index is 13.8. The molecule has 4 aromatic rings. The van der Waals surface area contributed by atoms with Crippen molar-refractivity contribution in [1.82, 2.24) is 30.1 Å². The molecule has 0 saturated heterocycles. The molecule has 0 aliphatic carbocycles. The fourth-order valence-corrected chi connectivity index (χ4v) is 3.40. The van der Waals surface area contributed by atoms with E-state index in [-0.39, 0.29) is 17.3 Å². The Bertz CT molecular complexity index is 1390. The summed E-state index contributed by atoms with van der Waals surface area (Å²) in [6.45, 7) is 3.29. The number of aromatic nitrogens is 5. The zero-order valence-electron chi connectivity index (χ0n) is 18.5. The van der Waals surface area contributed by atoms with Crippen molar-refractivity contribution in [2.45, 2.75) is 26.1 Å². The first-order valence-corrected chi connectivity index (χ1v) is 10.4. The number of amides is 1. The van der Waals surface area contributed by atoms with Crippen LogP contribution in [0.1, 0.15) is 40.3 Å². The number of carboxylic acids is 1. The molecule has 0 bridgehead atoms. The number of aromatic carboxylic acids is 1. The minimum Gasteiger partial charge on any atom is -0.478 e. The summed E-state index contributed by atoms with van der Waals surface area (Å²) in [6.07, 6.45) is -2.35. The zero-order chi connectivity index (χ0) is 25.3. The summed E-state index contributed by atoms with van der Waals surface area (Å²) < 4.78 is 43.5. The summed E-state index contributed by atoms with van der Waals surface area (Å²) in [4.78, 5) is 23.5. The average Bonchev–Trinajstić information content (AvgIpc) is 3.47. The molecular formula is C23H19F3N6O3. The predicted molar refractivity (Wildman–Crippen MR) is 118 cm³/mol. The smallest absolute Gasteiger partial charge is 0.434 e. The Balaban J connectivity index is 1.64. The van der Waals surface area contributed by atoms with Crippen LogP contribution in [0.25, 0.3) is 22.6 Å². The van der Waals surface area contributed by atoms with Crippen LogP contribution >= 0.6 is 0 Å². The van der Waals surface area contributed by atoms with Crippen molar-refractivity contribution >= 4 is 11.9 Å². The number of alkyl halides is 3. The summed E-state index contributed by atoms with van der Waals surface area (Å²) in [7, 11) is 0. The van der Waals surface area contributed by atoms with Crippen LogP contribution in [0.4, 0.5) is 13.2 Å². The molecule has 0 fully saturated rings. The molecule has 0 unspecified atom stereocenters. The van der Waals surface area contributed by atoms with E-state index in [1.165, 1.54) is 41.1 Å². The molecule has 4 rings (SSSR count). The minimum atomic E-state index is -4.82. The fraction of sp³-hybridized carbons (Fsp3) is 0.174. The van der Waals surface area contributed by atoms with Crippen molar-refractivity contribution in [2.75, 3.05) is 0 Å². The quantitative estimate of drug-likeness (QED) is 0.428. The molecule has 35 heavy (non-hydrogen) atoms. The van der Waals surface area contributed by atoms with Gasteiger partial charge < -0.3 is 10.4 Å². The minimum absolute atomic E-state index is 0.0965. The standard InChI is InChI=1S/C23H19F3N6O3/c1-13(2)28-21(33)18-11-27-32(20(18)23(24,25)26)17-8-6-16(7-9-17)31-12-19(29-30-31)14-4-3-5-15(10-14)22(34)35/h3-13H,1-2H3,(H,28,33)(H,34,35).